The first-order chi connectivity index (χ1) is 7.41. The van der Waals surface area contributed by atoms with Crippen molar-refractivity contribution in [1.29, 1.82) is 0 Å². The summed E-state index contributed by atoms with van der Waals surface area (Å²) in [6.45, 7) is 6.04. The molecule has 0 aliphatic rings. The zero-order valence-electron chi connectivity index (χ0n) is 9.56. The minimum atomic E-state index is -0.936. The molecule has 16 heavy (non-hydrogen) atoms. The summed E-state index contributed by atoms with van der Waals surface area (Å²) < 4.78 is 1.70. The fourth-order valence-corrected chi connectivity index (χ4v) is 1.74. The second kappa shape index (κ2) is 3.33. The molecule has 0 saturated carbocycles. The smallest absolute Gasteiger partial charge is 0.352 e. The van der Waals surface area contributed by atoms with Crippen LogP contribution in [0.1, 0.15) is 37.1 Å². The van der Waals surface area contributed by atoms with Crippen LogP contribution in [0, 0.1) is 0 Å². The average Bonchev–Trinajstić information content (AvgIpc) is 2.59. The minimum Gasteiger partial charge on any atom is -0.477 e. The highest BCUT2D eigenvalue weighted by molar-refractivity contribution is 5.86. The molecular weight excluding hydrogens is 204 g/mol. The third-order valence-corrected chi connectivity index (χ3v) is 2.44. The molecule has 0 radical (unpaired) electrons. The molecule has 0 saturated heterocycles. The number of hydrogen-bond acceptors (Lipinski definition) is 2. The van der Waals surface area contributed by atoms with Crippen molar-refractivity contribution in [1.82, 2.24) is 9.38 Å². The topological polar surface area (TPSA) is 54.6 Å². The van der Waals surface area contributed by atoms with Gasteiger partial charge in [-0.1, -0.05) is 26.8 Å². The lowest BCUT2D eigenvalue weighted by Crippen LogP contribution is -2.18. The Morgan fingerprint density at radius 3 is 2.62 bits per heavy atom. The van der Waals surface area contributed by atoms with E-state index < -0.39 is 5.97 Å². The van der Waals surface area contributed by atoms with Crippen molar-refractivity contribution in [3.63, 3.8) is 0 Å². The molecule has 1 N–H and O–H groups in total. The first-order valence-corrected chi connectivity index (χ1v) is 5.11. The van der Waals surface area contributed by atoms with Crippen molar-refractivity contribution < 1.29 is 9.90 Å². The Bertz CT molecular complexity index is 550. The fourth-order valence-electron chi connectivity index (χ4n) is 1.74. The van der Waals surface area contributed by atoms with E-state index in [-0.39, 0.29) is 11.1 Å². The summed E-state index contributed by atoms with van der Waals surface area (Å²) in [5.41, 5.74) is 0.877. The van der Waals surface area contributed by atoms with E-state index in [4.69, 9.17) is 5.11 Å². The summed E-state index contributed by atoms with van der Waals surface area (Å²) in [6, 6.07) is 5.17. The van der Waals surface area contributed by atoms with E-state index in [9.17, 15) is 4.79 Å². The third kappa shape index (κ3) is 1.56. The number of hydrogen-bond donors (Lipinski definition) is 1. The lowest BCUT2D eigenvalue weighted by Gasteiger charge is -2.17. The molecule has 0 amide bonds. The molecule has 84 valence electrons. The number of rotatable bonds is 1. The standard InChI is InChI=1S/C12H14N2O2/c1-12(2,3)11-13-7-8-5-4-6-9(10(15)16)14(8)11/h4-7H,1-3H3,(H,15,16). The number of nitrogens with zero attached hydrogens (tertiary/aromatic N) is 2. The second-order valence-corrected chi connectivity index (χ2v) is 4.81. The van der Waals surface area contributed by atoms with Gasteiger partial charge >= 0.3 is 5.97 Å². The lowest BCUT2D eigenvalue weighted by molar-refractivity contribution is 0.0688. The van der Waals surface area contributed by atoms with Gasteiger partial charge in [-0.25, -0.2) is 9.78 Å². The van der Waals surface area contributed by atoms with Crippen LogP contribution in [0.4, 0.5) is 0 Å². The number of pyridine rings is 1. The van der Waals surface area contributed by atoms with Crippen LogP contribution in [0.5, 0.6) is 0 Å². The SMILES string of the molecule is CC(C)(C)c1ncc2cccc(C(=O)O)n12. The predicted octanol–water partition coefficient (Wildman–Crippen LogP) is 2.33. The second-order valence-electron chi connectivity index (χ2n) is 4.81. The quantitative estimate of drug-likeness (QED) is 0.799. The highest BCUT2D eigenvalue weighted by Crippen LogP contribution is 2.23. The van der Waals surface area contributed by atoms with E-state index >= 15 is 0 Å². The molecule has 2 heterocycles. The van der Waals surface area contributed by atoms with Crippen LogP contribution in [0.25, 0.3) is 5.52 Å². The van der Waals surface area contributed by atoms with Gasteiger partial charge in [-0.3, -0.25) is 4.40 Å². The minimum absolute atomic E-state index is 0.183. The maximum Gasteiger partial charge on any atom is 0.352 e. The number of carbonyl (C=O) groups is 1. The number of aromatic carboxylic acids is 1. The van der Waals surface area contributed by atoms with Crippen LogP contribution in [-0.2, 0) is 5.41 Å². The summed E-state index contributed by atoms with van der Waals surface area (Å²) in [5, 5.41) is 9.14. The lowest BCUT2D eigenvalue weighted by atomic mass is 9.96. The summed E-state index contributed by atoms with van der Waals surface area (Å²) in [7, 11) is 0. The molecule has 0 bridgehead atoms. The van der Waals surface area contributed by atoms with Gasteiger partial charge in [-0.05, 0) is 12.1 Å². The third-order valence-electron chi connectivity index (χ3n) is 2.44. The van der Waals surface area contributed by atoms with E-state index in [1.807, 2.05) is 26.8 Å². The summed E-state index contributed by atoms with van der Waals surface area (Å²) in [4.78, 5) is 15.5. The highest BCUT2D eigenvalue weighted by Gasteiger charge is 2.22. The van der Waals surface area contributed by atoms with Gasteiger partial charge in [0.25, 0.3) is 0 Å². The normalized spacial score (nSPS) is 11.9. The Morgan fingerprint density at radius 2 is 2.06 bits per heavy atom. The Labute approximate surface area is 93.5 Å². The van der Waals surface area contributed by atoms with Gasteiger partial charge in [0.2, 0.25) is 0 Å². The number of imidazole rings is 1. The maximum atomic E-state index is 11.1. The van der Waals surface area contributed by atoms with Crippen molar-refractivity contribution in [2.75, 3.05) is 0 Å². The molecule has 0 aromatic carbocycles. The van der Waals surface area contributed by atoms with Crippen LogP contribution in [0.15, 0.2) is 24.4 Å². The van der Waals surface area contributed by atoms with Crippen LogP contribution in [0.2, 0.25) is 0 Å². The monoisotopic (exact) mass is 218 g/mol. The summed E-state index contributed by atoms with van der Waals surface area (Å²) in [5.74, 6) is -0.172. The van der Waals surface area contributed by atoms with Gasteiger partial charge in [0.1, 0.15) is 11.5 Å². The van der Waals surface area contributed by atoms with Crippen LogP contribution >= 0.6 is 0 Å². The first-order valence-electron chi connectivity index (χ1n) is 5.11. The molecular formula is C12H14N2O2. The Morgan fingerprint density at radius 1 is 1.38 bits per heavy atom. The molecule has 0 atom stereocenters. The van der Waals surface area contributed by atoms with Gasteiger partial charge in [0, 0.05) is 5.41 Å². The zero-order chi connectivity index (χ0) is 11.9. The van der Waals surface area contributed by atoms with Crippen LogP contribution in [-0.4, -0.2) is 20.5 Å². The highest BCUT2D eigenvalue weighted by atomic mass is 16.4. The van der Waals surface area contributed by atoms with E-state index in [0.29, 0.717) is 0 Å². The average molecular weight is 218 g/mol. The van der Waals surface area contributed by atoms with Crippen molar-refractivity contribution in [3.05, 3.63) is 35.9 Å². The summed E-state index contributed by atoms with van der Waals surface area (Å²) in [6.07, 6.45) is 1.70. The molecule has 2 aromatic heterocycles. The molecule has 4 heteroatoms. The van der Waals surface area contributed by atoms with Crippen molar-refractivity contribution in [2.45, 2.75) is 26.2 Å². The molecule has 0 aliphatic carbocycles. The Kier molecular flexibility index (Phi) is 2.22. The number of aromatic nitrogens is 2. The van der Waals surface area contributed by atoms with Crippen LogP contribution < -0.4 is 0 Å². The fraction of sp³-hybridized carbons (Fsp3) is 0.333. The molecule has 2 aromatic rings. The molecule has 2 rings (SSSR count). The maximum absolute atomic E-state index is 11.1. The molecule has 0 aliphatic heterocycles. The van der Waals surface area contributed by atoms with Gasteiger partial charge in [0.15, 0.2) is 0 Å². The predicted molar refractivity (Wildman–Crippen MR) is 60.9 cm³/mol. The van der Waals surface area contributed by atoms with E-state index in [1.165, 1.54) is 0 Å². The molecule has 0 spiro atoms. The number of carboxylic acid groups (broad SMARTS) is 1. The van der Waals surface area contributed by atoms with Crippen LogP contribution in [0.3, 0.4) is 0 Å². The Hall–Kier alpha value is -1.84. The van der Waals surface area contributed by atoms with Crippen molar-refractivity contribution in [3.8, 4) is 0 Å². The van der Waals surface area contributed by atoms with E-state index in [0.717, 1.165) is 11.3 Å². The van der Waals surface area contributed by atoms with Gasteiger partial charge in [0.05, 0.1) is 11.7 Å². The number of fused-ring (bicyclic) bond motifs is 1. The molecule has 0 unspecified atom stereocenters. The molecule has 4 nitrogen and oxygen atoms in total. The van der Waals surface area contributed by atoms with Gasteiger partial charge < -0.3 is 5.11 Å². The van der Waals surface area contributed by atoms with E-state index in [1.54, 1.807) is 22.7 Å². The van der Waals surface area contributed by atoms with Gasteiger partial charge in [-0.15, -0.1) is 0 Å². The summed E-state index contributed by atoms with van der Waals surface area (Å²) >= 11 is 0. The number of carboxylic acids is 1. The van der Waals surface area contributed by atoms with Crippen molar-refractivity contribution in [2.24, 2.45) is 0 Å². The largest absolute Gasteiger partial charge is 0.477 e. The zero-order valence-corrected chi connectivity index (χ0v) is 9.56. The Balaban J connectivity index is 2.83. The van der Waals surface area contributed by atoms with Crippen molar-refractivity contribution >= 4 is 11.5 Å². The molecule has 0 fully saturated rings. The van der Waals surface area contributed by atoms with Gasteiger partial charge in [-0.2, -0.15) is 0 Å². The van der Waals surface area contributed by atoms with E-state index in [2.05, 4.69) is 4.98 Å². The first kappa shape index (κ1) is 10.7.